The molecule has 0 aromatic heterocycles. The first kappa shape index (κ1) is 25.2. The summed E-state index contributed by atoms with van der Waals surface area (Å²) in [5.41, 5.74) is 19.7. The van der Waals surface area contributed by atoms with E-state index in [1.165, 1.54) is 38.9 Å². The molecule has 0 fully saturated rings. The maximum absolute atomic E-state index is 6.10. The lowest BCUT2D eigenvalue weighted by atomic mass is 9.85. The third-order valence-corrected chi connectivity index (χ3v) is 7.29. The van der Waals surface area contributed by atoms with Crippen LogP contribution in [0.1, 0.15) is 11.1 Å². The Hall–Kier alpha value is -5.08. The Labute approximate surface area is 237 Å². The number of nitrogens with two attached hydrogens (primary N) is 1. The van der Waals surface area contributed by atoms with Gasteiger partial charge in [0.05, 0.1) is 5.69 Å². The first-order valence-electron chi connectivity index (χ1n) is 13.7. The first-order valence-corrected chi connectivity index (χ1v) is 13.7. The standard InChI is InChI=1S/C38H32N2/c1-27-11-9-13-30(25-27)37-35(29-19-21-32(39)22-20-29)23-24-36(38(37)31-14-10-12-28(2)26-31)40(33-15-5-3-6-16-33)34-17-7-4-8-18-34/h3-26H,39H2,1-2H3. The molecule has 40 heavy (non-hydrogen) atoms. The Kier molecular flexibility index (Phi) is 6.91. The van der Waals surface area contributed by atoms with Crippen LogP contribution in [-0.2, 0) is 0 Å². The van der Waals surface area contributed by atoms with Crippen LogP contribution in [0.5, 0.6) is 0 Å². The van der Waals surface area contributed by atoms with E-state index in [1.54, 1.807) is 0 Å². The maximum atomic E-state index is 6.10. The molecule has 194 valence electrons. The predicted octanol–water partition coefficient (Wildman–Crippen LogP) is 10.4. The molecule has 2 heteroatoms. The highest BCUT2D eigenvalue weighted by atomic mass is 15.1. The zero-order chi connectivity index (χ0) is 27.5. The van der Waals surface area contributed by atoms with Gasteiger partial charge in [-0.05, 0) is 84.1 Å². The highest BCUT2D eigenvalue weighted by Crippen LogP contribution is 2.49. The number of anilines is 4. The van der Waals surface area contributed by atoms with Crippen molar-refractivity contribution in [2.75, 3.05) is 10.6 Å². The average Bonchev–Trinajstić information content (AvgIpc) is 2.99. The van der Waals surface area contributed by atoms with Crippen molar-refractivity contribution in [3.63, 3.8) is 0 Å². The zero-order valence-corrected chi connectivity index (χ0v) is 22.9. The summed E-state index contributed by atoms with van der Waals surface area (Å²) in [6, 6.07) is 51.6. The minimum absolute atomic E-state index is 0.760. The van der Waals surface area contributed by atoms with E-state index in [9.17, 15) is 0 Å². The smallest absolute Gasteiger partial charge is 0.0546 e. The van der Waals surface area contributed by atoms with Gasteiger partial charge in [-0.2, -0.15) is 0 Å². The van der Waals surface area contributed by atoms with Crippen LogP contribution in [0.3, 0.4) is 0 Å². The fourth-order valence-corrected chi connectivity index (χ4v) is 5.46. The van der Waals surface area contributed by atoms with Crippen molar-refractivity contribution >= 4 is 22.7 Å². The van der Waals surface area contributed by atoms with E-state index >= 15 is 0 Å². The molecule has 6 aromatic rings. The summed E-state index contributed by atoms with van der Waals surface area (Å²) in [4.78, 5) is 2.36. The Morgan fingerprint density at radius 2 is 0.975 bits per heavy atom. The summed E-state index contributed by atoms with van der Waals surface area (Å²) < 4.78 is 0. The summed E-state index contributed by atoms with van der Waals surface area (Å²) in [5.74, 6) is 0. The minimum atomic E-state index is 0.760. The molecule has 0 radical (unpaired) electrons. The fraction of sp³-hybridized carbons (Fsp3) is 0.0526. The third kappa shape index (κ3) is 5.00. The van der Waals surface area contributed by atoms with E-state index in [0.29, 0.717) is 0 Å². The molecule has 0 aliphatic rings. The molecule has 0 unspecified atom stereocenters. The summed E-state index contributed by atoms with van der Waals surface area (Å²) in [6.45, 7) is 4.31. The third-order valence-electron chi connectivity index (χ3n) is 7.29. The van der Waals surface area contributed by atoms with E-state index in [2.05, 4.69) is 152 Å². The highest BCUT2D eigenvalue weighted by Gasteiger charge is 2.23. The second-order valence-corrected chi connectivity index (χ2v) is 10.2. The molecular formula is C38H32N2. The van der Waals surface area contributed by atoms with Crippen LogP contribution >= 0.6 is 0 Å². The topological polar surface area (TPSA) is 29.3 Å². The quantitative estimate of drug-likeness (QED) is 0.223. The van der Waals surface area contributed by atoms with Crippen molar-refractivity contribution < 1.29 is 0 Å². The molecular weight excluding hydrogens is 484 g/mol. The Balaban J connectivity index is 1.75. The van der Waals surface area contributed by atoms with E-state index in [-0.39, 0.29) is 0 Å². The van der Waals surface area contributed by atoms with Gasteiger partial charge < -0.3 is 10.6 Å². The number of para-hydroxylation sites is 2. The first-order chi connectivity index (χ1) is 19.6. The molecule has 0 amide bonds. The molecule has 6 aromatic carbocycles. The summed E-state index contributed by atoms with van der Waals surface area (Å²) in [7, 11) is 0. The van der Waals surface area contributed by atoms with E-state index < -0.39 is 0 Å². The van der Waals surface area contributed by atoms with Crippen molar-refractivity contribution in [2.24, 2.45) is 0 Å². The van der Waals surface area contributed by atoms with Gasteiger partial charge in [-0.15, -0.1) is 0 Å². The number of hydrogen-bond acceptors (Lipinski definition) is 2. The Bertz CT molecular complexity index is 1710. The average molecular weight is 517 g/mol. The van der Waals surface area contributed by atoms with Gasteiger partial charge in [0, 0.05) is 22.6 Å². The maximum Gasteiger partial charge on any atom is 0.0546 e. The molecule has 0 aliphatic heterocycles. The lowest BCUT2D eigenvalue weighted by Crippen LogP contribution is -2.12. The number of benzene rings is 6. The van der Waals surface area contributed by atoms with Crippen molar-refractivity contribution in [3.8, 4) is 33.4 Å². The normalized spacial score (nSPS) is 10.8. The SMILES string of the molecule is Cc1cccc(-c2c(-c3ccc(N)cc3)ccc(N(c3ccccc3)c3ccccc3)c2-c2cccc(C)c2)c1. The largest absolute Gasteiger partial charge is 0.399 e. The van der Waals surface area contributed by atoms with Gasteiger partial charge in [-0.25, -0.2) is 0 Å². The Morgan fingerprint density at radius 3 is 1.50 bits per heavy atom. The molecule has 2 N–H and O–H groups in total. The lowest BCUT2D eigenvalue weighted by molar-refractivity contribution is 1.28. The molecule has 0 atom stereocenters. The molecule has 2 nitrogen and oxygen atoms in total. The van der Waals surface area contributed by atoms with Crippen LogP contribution in [0.2, 0.25) is 0 Å². The van der Waals surface area contributed by atoms with E-state index in [1.807, 2.05) is 12.1 Å². The number of rotatable bonds is 6. The van der Waals surface area contributed by atoms with Crippen LogP contribution in [-0.4, -0.2) is 0 Å². The van der Waals surface area contributed by atoms with E-state index in [0.717, 1.165) is 28.3 Å². The van der Waals surface area contributed by atoms with Gasteiger partial charge >= 0.3 is 0 Å². The van der Waals surface area contributed by atoms with Crippen LogP contribution in [0.25, 0.3) is 33.4 Å². The second kappa shape index (κ2) is 11.0. The second-order valence-electron chi connectivity index (χ2n) is 10.2. The summed E-state index contributed by atoms with van der Waals surface area (Å²) in [5, 5.41) is 0. The molecule has 0 saturated heterocycles. The van der Waals surface area contributed by atoms with Crippen molar-refractivity contribution in [3.05, 3.63) is 157 Å². The number of nitrogens with zero attached hydrogens (tertiary/aromatic N) is 1. The highest BCUT2D eigenvalue weighted by molar-refractivity contribution is 6.03. The monoisotopic (exact) mass is 516 g/mol. The van der Waals surface area contributed by atoms with Gasteiger partial charge in [0.25, 0.3) is 0 Å². The lowest BCUT2D eigenvalue weighted by Gasteiger charge is -2.30. The molecule has 0 saturated carbocycles. The summed E-state index contributed by atoms with van der Waals surface area (Å²) >= 11 is 0. The molecule has 0 bridgehead atoms. The Morgan fingerprint density at radius 1 is 0.450 bits per heavy atom. The van der Waals surface area contributed by atoms with Crippen molar-refractivity contribution in [1.29, 1.82) is 0 Å². The molecule has 0 heterocycles. The van der Waals surface area contributed by atoms with Gasteiger partial charge in [-0.1, -0.05) is 114 Å². The van der Waals surface area contributed by atoms with Gasteiger partial charge in [0.1, 0.15) is 0 Å². The van der Waals surface area contributed by atoms with Gasteiger partial charge in [0.2, 0.25) is 0 Å². The van der Waals surface area contributed by atoms with Crippen LogP contribution < -0.4 is 10.6 Å². The van der Waals surface area contributed by atoms with Gasteiger partial charge in [0.15, 0.2) is 0 Å². The van der Waals surface area contributed by atoms with Gasteiger partial charge in [-0.3, -0.25) is 0 Å². The zero-order valence-electron chi connectivity index (χ0n) is 22.9. The van der Waals surface area contributed by atoms with Crippen LogP contribution in [0.4, 0.5) is 22.7 Å². The fourth-order valence-electron chi connectivity index (χ4n) is 5.46. The van der Waals surface area contributed by atoms with E-state index in [4.69, 9.17) is 5.73 Å². The van der Waals surface area contributed by atoms with Crippen molar-refractivity contribution in [1.82, 2.24) is 0 Å². The van der Waals surface area contributed by atoms with Crippen molar-refractivity contribution in [2.45, 2.75) is 13.8 Å². The molecule has 0 aliphatic carbocycles. The van der Waals surface area contributed by atoms with Crippen LogP contribution in [0, 0.1) is 13.8 Å². The van der Waals surface area contributed by atoms with Crippen LogP contribution in [0.15, 0.2) is 146 Å². The minimum Gasteiger partial charge on any atom is -0.399 e. The number of hydrogen-bond donors (Lipinski definition) is 1. The number of nitrogen functional groups attached to an aromatic ring is 1. The molecule has 6 rings (SSSR count). The molecule has 0 spiro atoms. The summed E-state index contributed by atoms with van der Waals surface area (Å²) in [6.07, 6.45) is 0. The predicted molar refractivity (Wildman–Crippen MR) is 171 cm³/mol. The number of aryl methyl sites for hydroxylation is 2.